The maximum atomic E-state index is 12.7. The average Bonchev–Trinajstić information content (AvgIpc) is 2.93. The van der Waals surface area contributed by atoms with Gasteiger partial charge in [0.05, 0.1) is 0 Å². The summed E-state index contributed by atoms with van der Waals surface area (Å²) in [6.07, 6.45) is 2.12. The van der Waals surface area contributed by atoms with Gasteiger partial charge in [-0.05, 0) is 37.5 Å². The molecule has 0 spiro atoms. The molecule has 0 atom stereocenters. The molecule has 0 saturated carbocycles. The maximum Gasteiger partial charge on any atom is 0.253 e. The van der Waals surface area contributed by atoms with E-state index in [4.69, 9.17) is 0 Å². The van der Waals surface area contributed by atoms with Crippen LogP contribution < -0.4 is 0 Å². The van der Waals surface area contributed by atoms with Crippen molar-refractivity contribution < 1.29 is 9.59 Å². The Balaban J connectivity index is 1.53. The molecule has 4 nitrogen and oxygen atoms in total. The van der Waals surface area contributed by atoms with Crippen LogP contribution in [0.25, 0.3) is 0 Å². The zero-order valence-electron chi connectivity index (χ0n) is 15.4. The van der Waals surface area contributed by atoms with E-state index in [0.717, 1.165) is 30.5 Å². The second kappa shape index (κ2) is 8.65. The van der Waals surface area contributed by atoms with Crippen LogP contribution in [0.5, 0.6) is 0 Å². The summed E-state index contributed by atoms with van der Waals surface area (Å²) in [5, 5.41) is 0. The maximum absolute atomic E-state index is 12.7. The molecule has 0 radical (unpaired) electrons. The minimum absolute atomic E-state index is 0.0589. The summed E-state index contributed by atoms with van der Waals surface area (Å²) in [6.45, 7) is 4.66. The van der Waals surface area contributed by atoms with Crippen LogP contribution in [0.1, 0.15) is 34.3 Å². The summed E-state index contributed by atoms with van der Waals surface area (Å²) in [7, 11) is 0. The fourth-order valence-corrected chi connectivity index (χ4v) is 3.30. The highest BCUT2D eigenvalue weighted by Gasteiger charge is 2.22. The first-order chi connectivity index (χ1) is 12.6. The van der Waals surface area contributed by atoms with E-state index in [1.54, 1.807) is 0 Å². The standard InChI is InChI=1S/C22H26N2O2/c1-18-8-11-20(12-9-18)22(26)24-15-5-14-23(16-17-24)21(25)13-10-19-6-3-2-4-7-19/h2-4,6-9,11-12H,5,10,13-17H2,1H3. The van der Waals surface area contributed by atoms with Crippen molar-refractivity contribution in [2.24, 2.45) is 0 Å². The number of aryl methyl sites for hydroxylation is 2. The van der Waals surface area contributed by atoms with E-state index in [1.165, 1.54) is 5.56 Å². The number of nitrogens with zero attached hydrogens (tertiary/aromatic N) is 2. The molecule has 26 heavy (non-hydrogen) atoms. The Morgan fingerprint density at radius 1 is 0.846 bits per heavy atom. The Morgan fingerprint density at radius 3 is 2.23 bits per heavy atom. The van der Waals surface area contributed by atoms with Crippen LogP contribution in [0, 0.1) is 6.92 Å². The highest BCUT2D eigenvalue weighted by molar-refractivity contribution is 5.94. The molecule has 0 N–H and O–H groups in total. The number of carbonyl (C=O) groups is 2. The Morgan fingerprint density at radius 2 is 1.50 bits per heavy atom. The van der Waals surface area contributed by atoms with Crippen molar-refractivity contribution in [1.29, 1.82) is 0 Å². The largest absolute Gasteiger partial charge is 0.341 e. The van der Waals surface area contributed by atoms with Crippen molar-refractivity contribution in [3.05, 3.63) is 71.3 Å². The van der Waals surface area contributed by atoms with E-state index >= 15 is 0 Å². The number of hydrogen-bond donors (Lipinski definition) is 0. The molecule has 2 amide bonds. The van der Waals surface area contributed by atoms with Crippen molar-refractivity contribution in [3.63, 3.8) is 0 Å². The van der Waals surface area contributed by atoms with Gasteiger partial charge in [0.15, 0.2) is 0 Å². The third-order valence-electron chi connectivity index (χ3n) is 4.90. The Hall–Kier alpha value is -2.62. The first-order valence-corrected chi connectivity index (χ1v) is 9.31. The van der Waals surface area contributed by atoms with Crippen molar-refractivity contribution in [3.8, 4) is 0 Å². The minimum atomic E-state index is 0.0589. The lowest BCUT2D eigenvalue weighted by atomic mass is 10.1. The molecule has 0 bridgehead atoms. The molecule has 1 aliphatic rings. The Labute approximate surface area is 155 Å². The van der Waals surface area contributed by atoms with Crippen LogP contribution in [0.3, 0.4) is 0 Å². The second-order valence-electron chi connectivity index (χ2n) is 6.88. The van der Waals surface area contributed by atoms with Crippen molar-refractivity contribution in [1.82, 2.24) is 9.80 Å². The molecular weight excluding hydrogens is 324 g/mol. The Kier molecular flexibility index (Phi) is 6.05. The fourth-order valence-electron chi connectivity index (χ4n) is 3.30. The normalized spacial score (nSPS) is 14.8. The monoisotopic (exact) mass is 350 g/mol. The predicted octanol–water partition coefficient (Wildman–Crippen LogP) is 3.30. The van der Waals surface area contributed by atoms with Crippen molar-refractivity contribution in [2.75, 3.05) is 26.2 Å². The van der Waals surface area contributed by atoms with Crippen molar-refractivity contribution >= 4 is 11.8 Å². The lowest BCUT2D eigenvalue weighted by Gasteiger charge is -2.22. The van der Waals surface area contributed by atoms with Crippen LogP contribution in [0.15, 0.2) is 54.6 Å². The number of amides is 2. The van der Waals surface area contributed by atoms with Gasteiger partial charge in [-0.2, -0.15) is 0 Å². The topological polar surface area (TPSA) is 40.6 Å². The summed E-state index contributed by atoms with van der Waals surface area (Å²) in [5.74, 6) is 0.238. The van der Waals surface area contributed by atoms with E-state index < -0.39 is 0 Å². The highest BCUT2D eigenvalue weighted by atomic mass is 16.2. The molecular formula is C22H26N2O2. The number of benzene rings is 2. The predicted molar refractivity (Wildman–Crippen MR) is 103 cm³/mol. The molecule has 3 rings (SSSR count). The molecule has 1 aliphatic heterocycles. The van der Waals surface area contributed by atoms with Crippen LogP contribution in [-0.2, 0) is 11.2 Å². The Bertz CT molecular complexity index is 740. The molecule has 1 fully saturated rings. The molecule has 0 unspecified atom stereocenters. The van der Waals surface area contributed by atoms with E-state index in [1.807, 2.05) is 59.2 Å². The molecule has 4 heteroatoms. The number of hydrogen-bond acceptors (Lipinski definition) is 2. The first-order valence-electron chi connectivity index (χ1n) is 9.31. The van der Waals surface area contributed by atoms with Crippen LogP contribution >= 0.6 is 0 Å². The molecule has 1 saturated heterocycles. The molecule has 0 aliphatic carbocycles. The third-order valence-corrected chi connectivity index (χ3v) is 4.90. The van der Waals surface area contributed by atoms with Gasteiger partial charge in [0.1, 0.15) is 0 Å². The SMILES string of the molecule is Cc1ccc(C(=O)N2CCCN(C(=O)CCc3ccccc3)CC2)cc1. The van der Waals surface area contributed by atoms with E-state index in [-0.39, 0.29) is 11.8 Å². The van der Waals surface area contributed by atoms with Gasteiger partial charge in [-0.1, -0.05) is 48.0 Å². The van der Waals surface area contributed by atoms with Gasteiger partial charge in [0.2, 0.25) is 5.91 Å². The summed E-state index contributed by atoms with van der Waals surface area (Å²) in [5.41, 5.74) is 3.05. The summed E-state index contributed by atoms with van der Waals surface area (Å²) < 4.78 is 0. The van der Waals surface area contributed by atoms with Gasteiger partial charge < -0.3 is 9.80 Å². The summed E-state index contributed by atoms with van der Waals surface area (Å²) in [4.78, 5) is 29.0. The molecule has 0 aromatic heterocycles. The number of carbonyl (C=O) groups excluding carboxylic acids is 2. The summed E-state index contributed by atoms with van der Waals surface area (Å²) in [6, 6.07) is 17.8. The smallest absolute Gasteiger partial charge is 0.253 e. The van der Waals surface area contributed by atoms with Crippen LogP contribution in [0.4, 0.5) is 0 Å². The van der Waals surface area contributed by atoms with Crippen LogP contribution in [0.2, 0.25) is 0 Å². The van der Waals surface area contributed by atoms with Gasteiger partial charge in [-0.3, -0.25) is 9.59 Å². The fraction of sp³-hybridized carbons (Fsp3) is 0.364. The molecule has 2 aromatic carbocycles. The quantitative estimate of drug-likeness (QED) is 0.849. The van der Waals surface area contributed by atoms with Crippen LogP contribution in [-0.4, -0.2) is 47.8 Å². The van der Waals surface area contributed by atoms with Gasteiger partial charge >= 0.3 is 0 Å². The zero-order chi connectivity index (χ0) is 18.4. The lowest BCUT2D eigenvalue weighted by Crippen LogP contribution is -2.37. The minimum Gasteiger partial charge on any atom is -0.341 e. The average molecular weight is 350 g/mol. The van der Waals surface area contributed by atoms with Gasteiger partial charge in [-0.25, -0.2) is 0 Å². The zero-order valence-corrected chi connectivity index (χ0v) is 15.4. The number of rotatable bonds is 4. The molecule has 2 aromatic rings. The molecule has 1 heterocycles. The second-order valence-corrected chi connectivity index (χ2v) is 6.88. The van der Waals surface area contributed by atoms with E-state index in [2.05, 4.69) is 12.1 Å². The third kappa shape index (κ3) is 4.72. The highest BCUT2D eigenvalue weighted by Crippen LogP contribution is 2.12. The first kappa shape index (κ1) is 18.2. The lowest BCUT2D eigenvalue weighted by molar-refractivity contribution is -0.131. The van der Waals surface area contributed by atoms with Gasteiger partial charge in [-0.15, -0.1) is 0 Å². The van der Waals surface area contributed by atoms with Gasteiger partial charge in [0, 0.05) is 38.2 Å². The van der Waals surface area contributed by atoms with Crippen molar-refractivity contribution in [2.45, 2.75) is 26.2 Å². The molecule has 136 valence electrons. The van der Waals surface area contributed by atoms with E-state index in [0.29, 0.717) is 26.1 Å². The van der Waals surface area contributed by atoms with Gasteiger partial charge in [0.25, 0.3) is 5.91 Å². The van der Waals surface area contributed by atoms with E-state index in [9.17, 15) is 9.59 Å². The summed E-state index contributed by atoms with van der Waals surface area (Å²) >= 11 is 0.